The molecule has 0 aliphatic carbocycles. The van der Waals surface area contributed by atoms with Crippen molar-refractivity contribution < 1.29 is 29.3 Å². The first-order valence-corrected chi connectivity index (χ1v) is 17.6. The van der Waals surface area contributed by atoms with Crippen LogP contribution in [0.5, 0.6) is 0 Å². The van der Waals surface area contributed by atoms with E-state index in [1.54, 1.807) is 23.9 Å². The van der Waals surface area contributed by atoms with Gasteiger partial charge >= 0.3 is 5.97 Å². The number of aliphatic hydroxyl groups is 1. The van der Waals surface area contributed by atoms with Gasteiger partial charge < -0.3 is 25.0 Å². The Morgan fingerprint density at radius 2 is 1.53 bits per heavy atom. The van der Waals surface area contributed by atoms with Gasteiger partial charge in [0.25, 0.3) is 5.91 Å². The van der Waals surface area contributed by atoms with Gasteiger partial charge in [0, 0.05) is 29.2 Å². The lowest BCUT2D eigenvalue weighted by Gasteiger charge is -2.36. The number of ether oxygens (including phenoxy) is 2. The fourth-order valence-corrected chi connectivity index (χ4v) is 6.86. The van der Waals surface area contributed by atoms with E-state index in [1.165, 1.54) is 6.20 Å². The van der Waals surface area contributed by atoms with Crippen LogP contribution in [-0.2, 0) is 22.6 Å². The summed E-state index contributed by atoms with van der Waals surface area (Å²) in [6.45, 7) is 0.314. The third-order valence-corrected chi connectivity index (χ3v) is 9.87. The molecule has 6 aromatic rings. The Morgan fingerprint density at radius 3 is 2.27 bits per heavy atom. The van der Waals surface area contributed by atoms with Crippen LogP contribution in [0.3, 0.4) is 0 Å². The molecule has 1 amide bonds. The van der Waals surface area contributed by atoms with Crippen molar-refractivity contribution in [1.82, 2.24) is 15.3 Å². The van der Waals surface area contributed by atoms with Crippen LogP contribution in [-0.4, -0.2) is 43.9 Å². The van der Waals surface area contributed by atoms with E-state index >= 15 is 0 Å². The summed E-state index contributed by atoms with van der Waals surface area (Å²) in [6.07, 6.45) is 1.18. The predicted molar refractivity (Wildman–Crippen MR) is 195 cm³/mol. The quantitative estimate of drug-likeness (QED) is 0.116. The molecular formula is C41H35N3O6S. The average molecular weight is 698 g/mol. The molecule has 0 radical (unpaired) electrons. The molecule has 5 aromatic carbocycles. The fourth-order valence-electron chi connectivity index (χ4n) is 5.94. The molecular weight excluding hydrogens is 663 g/mol. The molecule has 0 spiro atoms. The summed E-state index contributed by atoms with van der Waals surface area (Å²) in [5.74, 6) is -0.578. The minimum absolute atomic E-state index is 0.0259. The summed E-state index contributed by atoms with van der Waals surface area (Å²) in [5, 5.41) is 21.7. The molecule has 0 bridgehead atoms. The highest BCUT2D eigenvalue weighted by molar-refractivity contribution is 7.99. The van der Waals surface area contributed by atoms with Crippen molar-refractivity contribution in [2.24, 2.45) is 0 Å². The summed E-state index contributed by atoms with van der Waals surface area (Å²) in [6, 6.07) is 38.2. The number of nitrogens with one attached hydrogen (secondary N) is 1. The van der Waals surface area contributed by atoms with Gasteiger partial charge in [-0.3, -0.25) is 9.78 Å². The lowest BCUT2D eigenvalue weighted by atomic mass is 9.99. The van der Waals surface area contributed by atoms with Crippen LogP contribution in [0.1, 0.15) is 61.9 Å². The minimum atomic E-state index is -0.951. The molecule has 9 nitrogen and oxygen atoms in total. The summed E-state index contributed by atoms with van der Waals surface area (Å²) in [4.78, 5) is 33.9. The second kappa shape index (κ2) is 15.7. The average Bonchev–Trinajstić information content (AvgIpc) is 3.19. The van der Waals surface area contributed by atoms with Crippen LogP contribution in [0.25, 0.3) is 22.2 Å². The summed E-state index contributed by atoms with van der Waals surface area (Å²) in [7, 11) is 0. The van der Waals surface area contributed by atoms with E-state index in [0.29, 0.717) is 24.2 Å². The van der Waals surface area contributed by atoms with E-state index in [-0.39, 0.29) is 36.0 Å². The monoisotopic (exact) mass is 697 g/mol. The third-order valence-electron chi connectivity index (χ3n) is 8.73. The van der Waals surface area contributed by atoms with Crippen molar-refractivity contribution >= 4 is 34.7 Å². The van der Waals surface area contributed by atoms with Gasteiger partial charge in [0.05, 0.1) is 41.6 Å². The largest absolute Gasteiger partial charge is 0.478 e. The molecule has 256 valence electrons. The van der Waals surface area contributed by atoms with E-state index in [9.17, 15) is 19.8 Å². The minimum Gasteiger partial charge on any atom is -0.478 e. The number of carboxylic acids is 1. The van der Waals surface area contributed by atoms with Crippen LogP contribution >= 0.6 is 11.8 Å². The Kier molecular flexibility index (Phi) is 10.5. The first-order chi connectivity index (χ1) is 24.9. The second-order valence-electron chi connectivity index (χ2n) is 12.2. The van der Waals surface area contributed by atoms with E-state index in [1.807, 2.05) is 103 Å². The zero-order valence-electron chi connectivity index (χ0n) is 27.5. The molecule has 2 heterocycles. The van der Waals surface area contributed by atoms with Crippen molar-refractivity contribution in [3.8, 4) is 11.1 Å². The summed E-state index contributed by atoms with van der Waals surface area (Å²) < 4.78 is 13.0. The third kappa shape index (κ3) is 8.33. The molecule has 1 aliphatic heterocycles. The van der Waals surface area contributed by atoms with Gasteiger partial charge in [0.1, 0.15) is 5.69 Å². The number of rotatable bonds is 11. The van der Waals surface area contributed by atoms with Crippen LogP contribution < -0.4 is 5.32 Å². The standard InChI is InChI=1S/C41H35N3O6S/c45-24-26-8-10-29(11-9-26)38-21-33(25-51-34-18-16-30(17-19-34)40(47)48)49-41(50-38)31-14-12-28(13-15-31)32-5-3-4-27(20-32)22-43-39(46)37-23-42-35-6-1-2-7-36(35)44-37/h1-20,23,33,38,41,45H,21-22,24-25H2,(H,43,46)(H,47,48)/t33-,38+,41+/m0/s1. The molecule has 0 unspecified atom stereocenters. The maximum Gasteiger partial charge on any atom is 0.335 e. The second-order valence-corrected chi connectivity index (χ2v) is 13.3. The number of amides is 1. The number of aromatic nitrogens is 2. The van der Waals surface area contributed by atoms with Crippen LogP contribution in [0, 0.1) is 0 Å². The van der Waals surface area contributed by atoms with E-state index in [4.69, 9.17) is 9.47 Å². The highest BCUT2D eigenvalue weighted by Gasteiger charge is 2.32. The zero-order chi connectivity index (χ0) is 35.2. The Bertz CT molecular complexity index is 2140. The number of aromatic carboxylic acids is 1. The first-order valence-electron chi connectivity index (χ1n) is 16.6. The summed E-state index contributed by atoms with van der Waals surface area (Å²) >= 11 is 1.61. The van der Waals surface area contributed by atoms with Crippen molar-refractivity contribution in [3.63, 3.8) is 0 Å². The molecule has 3 N–H and O–H groups in total. The number of carbonyl (C=O) groups excluding carboxylic acids is 1. The number of thioether (sulfide) groups is 1. The Balaban J connectivity index is 1.03. The van der Waals surface area contributed by atoms with Gasteiger partial charge in [-0.15, -0.1) is 11.8 Å². The van der Waals surface area contributed by atoms with Gasteiger partial charge in [-0.1, -0.05) is 78.9 Å². The lowest BCUT2D eigenvalue weighted by Crippen LogP contribution is -2.31. The topological polar surface area (TPSA) is 131 Å². The predicted octanol–water partition coefficient (Wildman–Crippen LogP) is 7.76. The molecule has 51 heavy (non-hydrogen) atoms. The molecule has 10 heteroatoms. The maximum absolute atomic E-state index is 12.8. The maximum atomic E-state index is 12.8. The smallest absolute Gasteiger partial charge is 0.335 e. The number of para-hydroxylation sites is 2. The van der Waals surface area contributed by atoms with Crippen LogP contribution in [0.2, 0.25) is 0 Å². The SMILES string of the molecule is O=C(O)c1ccc(SC[C@@H]2C[C@H](c3ccc(CO)cc3)O[C@H](c3ccc(-c4cccc(CNC(=O)c5cnc6ccccc6n5)c4)cc3)O2)cc1. The van der Waals surface area contributed by atoms with Gasteiger partial charge in [-0.25, -0.2) is 9.78 Å². The molecule has 1 aromatic heterocycles. The van der Waals surface area contributed by atoms with Crippen LogP contribution in [0.4, 0.5) is 0 Å². The number of carboxylic acid groups (broad SMARTS) is 1. The molecule has 1 fully saturated rings. The van der Waals surface area contributed by atoms with Gasteiger partial charge in [0.2, 0.25) is 0 Å². The highest BCUT2D eigenvalue weighted by Crippen LogP contribution is 2.40. The fraction of sp³-hybridized carbons (Fsp3) is 0.171. The molecule has 3 atom stereocenters. The number of hydrogen-bond acceptors (Lipinski definition) is 8. The van der Waals surface area contributed by atoms with Gasteiger partial charge in [-0.05, 0) is 70.3 Å². The van der Waals surface area contributed by atoms with Crippen molar-refractivity contribution in [1.29, 1.82) is 0 Å². The van der Waals surface area contributed by atoms with Crippen molar-refractivity contribution in [3.05, 3.63) is 161 Å². The zero-order valence-corrected chi connectivity index (χ0v) is 28.3. The number of nitrogens with zero attached hydrogens (tertiary/aromatic N) is 2. The van der Waals surface area contributed by atoms with Crippen LogP contribution in [0.15, 0.2) is 132 Å². The number of fused-ring (bicyclic) bond motifs is 1. The van der Waals surface area contributed by atoms with Gasteiger partial charge in [0.15, 0.2) is 6.29 Å². The molecule has 1 saturated heterocycles. The Morgan fingerprint density at radius 1 is 0.784 bits per heavy atom. The molecule has 7 rings (SSSR count). The van der Waals surface area contributed by atoms with Crippen molar-refractivity contribution in [2.75, 3.05) is 5.75 Å². The number of hydrogen-bond donors (Lipinski definition) is 3. The first kappa shape index (κ1) is 34.1. The number of aliphatic hydroxyl groups excluding tert-OH is 1. The normalized spacial score (nSPS) is 17.2. The van der Waals surface area contributed by atoms with E-state index in [0.717, 1.165) is 43.8 Å². The molecule has 0 saturated carbocycles. The van der Waals surface area contributed by atoms with Crippen molar-refractivity contribution in [2.45, 2.75) is 43.0 Å². The Hall–Kier alpha value is -5.39. The molecule has 1 aliphatic rings. The summed E-state index contributed by atoms with van der Waals surface area (Å²) in [5.41, 5.74) is 7.63. The van der Waals surface area contributed by atoms with E-state index < -0.39 is 12.3 Å². The highest BCUT2D eigenvalue weighted by atomic mass is 32.2. The number of benzene rings is 5. The lowest BCUT2D eigenvalue weighted by molar-refractivity contribution is -0.245. The number of carbonyl (C=O) groups is 2. The van der Waals surface area contributed by atoms with Gasteiger partial charge in [-0.2, -0.15) is 0 Å². The van der Waals surface area contributed by atoms with E-state index in [2.05, 4.69) is 21.4 Å². The Labute approximate surface area is 299 Å².